The van der Waals surface area contributed by atoms with Crippen molar-refractivity contribution in [1.82, 2.24) is 4.98 Å². The van der Waals surface area contributed by atoms with Crippen LogP contribution in [0.1, 0.15) is 25.3 Å². The lowest BCUT2D eigenvalue weighted by Crippen LogP contribution is -1.99. The van der Waals surface area contributed by atoms with E-state index in [0.29, 0.717) is 11.7 Å². The lowest BCUT2D eigenvalue weighted by Gasteiger charge is -2.09. The van der Waals surface area contributed by atoms with E-state index in [4.69, 9.17) is 10.5 Å². The summed E-state index contributed by atoms with van der Waals surface area (Å²) in [6.45, 7) is 4.17. The largest absolute Gasteiger partial charge is 0.439 e. The summed E-state index contributed by atoms with van der Waals surface area (Å²) >= 11 is 0. The zero-order valence-corrected chi connectivity index (χ0v) is 11.2. The molecule has 0 bridgehead atoms. The van der Waals surface area contributed by atoms with Gasteiger partial charge in [0.25, 0.3) is 0 Å². The van der Waals surface area contributed by atoms with Crippen molar-refractivity contribution in [3.63, 3.8) is 0 Å². The smallest absolute Gasteiger partial charge is 0.311 e. The molecule has 0 radical (unpaired) electrons. The minimum atomic E-state index is -0.578. The van der Waals surface area contributed by atoms with Crippen LogP contribution in [-0.2, 0) is 0 Å². The summed E-state index contributed by atoms with van der Waals surface area (Å²) in [5, 5.41) is 10.7. The number of nitrogens with zero attached hydrogens (tertiary/aromatic N) is 2. The van der Waals surface area contributed by atoms with E-state index < -0.39 is 4.92 Å². The van der Waals surface area contributed by atoms with Gasteiger partial charge in [0.2, 0.25) is 11.7 Å². The maximum Gasteiger partial charge on any atom is 0.311 e. The summed E-state index contributed by atoms with van der Waals surface area (Å²) in [4.78, 5) is 14.0. The van der Waals surface area contributed by atoms with E-state index in [0.717, 1.165) is 5.56 Å². The van der Waals surface area contributed by atoms with Crippen LogP contribution < -0.4 is 10.5 Å². The van der Waals surface area contributed by atoms with Crippen LogP contribution in [0.2, 0.25) is 0 Å². The lowest BCUT2D eigenvalue weighted by molar-refractivity contribution is -0.384. The molecular weight excluding hydrogens is 258 g/mol. The molecule has 2 rings (SSSR count). The van der Waals surface area contributed by atoms with E-state index in [2.05, 4.69) is 18.8 Å². The molecule has 0 aliphatic carbocycles. The van der Waals surface area contributed by atoms with Crippen molar-refractivity contribution < 1.29 is 9.66 Å². The van der Waals surface area contributed by atoms with Crippen LogP contribution in [-0.4, -0.2) is 9.91 Å². The highest BCUT2D eigenvalue weighted by Crippen LogP contribution is 2.27. The average molecular weight is 273 g/mol. The van der Waals surface area contributed by atoms with Gasteiger partial charge in [-0.25, -0.2) is 0 Å². The van der Waals surface area contributed by atoms with E-state index in [1.54, 1.807) is 6.07 Å². The summed E-state index contributed by atoms with van der Waals surface area (Å²) < 4.78 is 5.57. The molecule has 0 aliphatic rings. The number of nitro groups is 1. The molecule has 0 saturated carbocycles. The molecule has 2 aromatic rings. The van der Waals surface area contributed by atoms with Gasteiger partial charge in [0.15, 0.2) is 0 Å². The average Bonchev–Trinajstić information content (AvgIpc) is 2.38. The van der Waals surface area contributed by atoms with Gasteiger partial charge in [-0.2, -0.15) is 4.98 Å². The Labute approximate surface area is 116 Å². The Morgan fingerprint density at radius 3 is 2.65 bits per heavy atom. The minimum absolute atomic E-state index is 0.160. The van der Waals surface area contributed by atoms with E-state index in [-0.39, 0.29) is 17.4 Å². The van der Waals surface area contributed by atoms with Gasteiger partial charge in [0.05, 0.1) is 4.92 Å². The summed E-state index contributed by atoms with van der Waals surface area (Å²) in [5.41, 5.74) is 6.43. The summed E-state index contributed by atoms with van der Waals surface area (Å²) in [6.07, 6.45) is 0. The molecule has 20 heavy (non-hydrogen) atoms. The van der Waals surface area contributed by atoms with Crippen molar-refractivity contribution in [2.75, 3.05) is 5.73 Å². The van der Waals surface area contributed by atoms with Crippen molar-refractivity contribution in [2.24, 2.45) is 0 Å². The Hall–Kier alpha value is -2.63. The van der Waals surface area contributed by atoms with Crippen LogP contribution in [0.3, 0.4) is 0 Å². The quantitative estimate of drug-likeness (QED) is 0.680. The molecule has 1 aromatic carbocycles. The molecule has 6 nitrogen and oxygen atoms in total. The number of nitrogen functional groups attached to an aromatic ring is 1. The number of hydrogen-bond acceptors (Lipinski definition) is 5. The number of aromatic nitrogens is 1. The molecule has 2 N–H and O–H groups in total. The van der Waals surface area contributed by atoms with Crippen LogP contribution >= 0.6 is 0 Å². The van der Waals surface area contributed by atoms with Crippen molar-refractivity contribution in [3.05, 3.63) is 52.1 Å². The Kier molecular flexibility index (Phi) is 3.84. The Balaban J connectivity index is 2.24. The van der Waals surface area contributed by atoms with E-state index in [9.17, 15) is 10.1 Å². The molecule has 0 aliphatic heterocycles. The predicted octanol–water partition coefficient (Wildman–Crippen LogP) is 3.49. The minimum Gasteiger partial charge on any atom is -0.439 e. The fraction of sp³-hybridized carbons (Fsp3) is 0.214. The molecule has 1 heterocycles. The molecule has 104 valence electrons. The fourth-order valence-electron chi connectivity index (χ4n) is 1.72. The number of hydrogen-bond donors (Lipinski definition) is 1. The van der Waals surface area contributed by atoms with Crippen molar-refractivity contribution in [1.29, 1.82) is 0 Å². The first-order chi connectivity index (χ1) is 9.47. The molecule has 6 heteroatoms. The molecule has 0 atom stereocenters. The van der Waals surface area contributed by atoms with Gasteiger partial charge in [0, 0.05) is 12.1 Å². The zero-order chi connectivity index (χ0) is 14.7. The van der Waals surface area contributed by atoms with Crippen LogP contribution in [0, 0.1) is 10.1 Å². The predicted molar refractivity (Wildman–Crippen MR) is 75.9 cm³/mol. The molecule has 1 aromatic heterocycles. The van der Waals surface area contributed by atoms with Crippen molar-refractivity contribution in [2.45, 2.75) is 19.8 Å². The highest BCUT2D eigenvalue weighted by Gasteiger charge is 2.13. The van der Waals surface area contributed by atoms with E-state index in [1.165, 1.54) is 12.1 Å². The monoisotopic (exact) mass is 273 g/mol. The second-order valence-corrected chi connectivity index (χ2v) is 4.64. The normalized spacial score (nSPS) is 10.6. The zero-order valence-electron chi connectivity index (χ0n) is 11.2. The molecule has 0 fully saturated rings. The second kappa shape index (κ2) is 5.56. The summed E-state index contributed by atoms with van der Waals surface area (Å²) in [7, 11) is 0. The van der Waals surface area contributed by atoms with Gasteiger partial charge < -0.3 is 10.5 Å². The van der Waals surface area contributed by atoms with E-state index in [1.807, 2.05) is 18.2 Å². The van der Waals surface area contributed by atoms with Gasteiger partial charge >= 0.3 is 5.69 Å². The molecule has 0 amide bonds. The summed E-state index contributed by atoms with van der Waals surface area (Å²) in [6, 6.07) is 10.3. The number of ether oxygens (including phenoxy) is 1. The molecule has 0 spiro atoms. The van der Waals surface area contributed by atoms with Gasteiger partial charge in [-0.1, -0.05) is 26.0 Å². The summed E-state index contributed by atoms with van der Waals surface area (Å²) in [5.74, 6) is 1.08. The van der Waals surface area contributed by atoms with Crippen molar-refractivity contribution in [3.8, 4) is 11.6 Å². The van der Waals surface area contributed by atoms with E-state index >= 15 is 0 Å². The number of rotatable bonds is 4. The first-order valence-corrected chi connectivity index (χ1v) is 6.16. The van der Waals surface area contributed by atoms with Gasteiger partial charge in [-0.3, -0.25) is 10.1 Å². The third kappa shape index (κ3) is 3.03. The van der Waals surface area contributed by atoms with Gasteiger partial charge in [-0.05, 0) is 23.6 Å². The molecule has 0 unspecified atom stereocenters. The maximum atomic E-state index is 10.7. The van der Waals surface area contributed by atoms with Crippen molar-refractivity contribution >= 4 is 11.5 Å². The first-order valence-electron chi connectivity index (χ1n) is 6.16. The number of nitrogens with two attached hydrogens (primary N) is 1. The Morgan fingerprint density at radius 2 is 2.05 bits per heavy atom. The van der Waals surface area contributed by atoms with Gasteiger partial charge in [-0.15, -0.1) is 0 Å². The lowest BCUT2D eigenvalue weighted by atomic mass is 10.0. The topological polar surface area (TPSA) is 91.3 Å². The van der Waals surface area contributed by atoms with Crippen LogP contribution in [0.15, 0.2) is 36.4 Å². The third-order valence-electron chi connectivity index (χ3n) is 2.82. The number of anilines is 1. The number of pyridine rings is 1. The first kappa shape index (κ1) is 13.8. The highest BCUT2D eigenvalue weighted by molar-refractivity contribution is 5.53. The Bertz CT molecular complexity index is 641. The maximum absolute atomic E-state index is 10.7. The second-order valence-electron chi connectivity index (χ2n) is 4.64. The van der Waals surface area contributed by atoms with Crippen LogP contribution in [0.25, 0.3) is 0 Å². The van der Waals surface area contributed by atoms with Crippen LogP contribution in [0.4, 0.5) is 11.5 Å². The SMILES string of the molecule is CC(C)c1cccc(Oc2ccc([N+](=O)[O-])c(N)n2)c1. The third-order valence-corrected chi connectivity index (χ3v) is 2.82. The fourth-order valence-corrected chi connectivity index (χ4v) is 1.72. The molecule has 0 saturated heterocycles. The Morgan fingerprint density at radius 1 is 1.30 bits per heavy atom. The molecular formula is C14H15N3O3. The number of benzene rings is 1. The highest BCUT2D eigenvalue weighted by atomic mass is 16.6. The van der Waals surface area contributed by atoms with Crippen LogP contribution in [0.5, 0.6) is 11.6 Å². The van der Waals surface area contributed by atoms with Gasteiger partial charge in [0.1, 0.15) is 5.75 Å². The standard InChI is InChI=1S/C14H15N3O3/c1-9(2)10-4-3-5-11(8-10)20-13-7-6-12(17(18)19)14(15)16-13/h3-9H,1-2H3,(H2,15,16).